The fourth-order valence-electron chi connectivity index (χ4n) is 1.88. The van der Waals surface area contributed by atoms with E-state index >= 15 is 0 Å². The molecule has 0 aliphatic rings. The van der Waals surface area contributed by atoms with Crippen molar-refractivity contribution in [1.29, 1.82) is 0 Å². The summed E-state index contributed by atoms with van der Waals surface area (Å²) in [6, 6.07) is 6.98. The Balaban J connectivity index is 2.29. The fourth-order valence-corrected chi connectivity index (χ4v) is 3.96. The third kappa shape index (κ3) is 3.88. The van der Waals surface area contributed by atoms with Crippen LogP contribution in [-0.2, 0) is 23.1 Å². The summed E-state index contributed by atoms with van der Waals surface area (Å²) in [5.41, 5.74) is 8.07. The number of pyridine rings is 1. The summed E-state index contributed by atoms with van der Waals surface area (Å²) >= 11 is 3.34. The van der Waals surface area contributed by atoms with Crippen LogP contribution in [0.2, 0.25) is 0 Å². The Labute approximate surface area is 132 Å². The lowest BCUT2D eigenvalue weighted by atomic mass is 10.1. The van der Waals surface area contributed by atoms with E-state index in [9.17, 15) is 8.42 Å². The average molecular weight is 370 g/mol. The van der Waals surface area contributed by atoms with Crippen molar-refractivity contribution >= 4 is 26.0 Å². The molecule has 1 heterocycles. The first kappa shape index (κ1) is 16.1. The second-order valence-electron chi connectivity index (χ2n) is 4.61. The molecule has 0 atom stereocenters. The van der Waals surface area contributed by atoms with Crippen LogP contribution in [0, 0.1) is 6.92 Å². The van der Waals surface area contributed by atoms with Gasteiger partial charge in [0.1, 0.15) is 0 Å². The highest BCUT2D eigenvalue weighted by Gasteiger charge is 2.19. The minimum atomic E-state index is -3.62. The molecule has 0 saturated heterocycles. The Morgan fingerprint density at radius 3 is 2.52 bits per heavy atom. The highest BCUT2D eigenvalue weighted by Crippen LogP contribution is 2.27. The second kappa shape index (κ2) is 6.65. The van der Waals surface area contributed by atoms with Crippen LogP contribution < -0.4 is 10.5 Å². The van der Waals surface area contributed by atoms with E-state index < -0.39 is 10.0 Å². The molecule has 1 aromatic carbocycles. The van der Waals surface area contributed by atoms with Gasteiger partial charge in [-0.05, 0) is 57.7 Å². The van der Waals surface area contributed by atoms with Crippen molar-refractivity contribution in [2.75, 3.05) is 0 Å². The average Bonchev–Trinajstić information content (AvgIpc) is 2.48. The Morgan fingerprint density at radius 2 is 1.90 bits per heavy atom. The van der Waals surface area contributed by atoms with E-state index in [0.29, 0.717) is 11.0 Å². The number of sulfonamides is 1. The molecule has 0 aliphatic heterocycles. The van der Waals surface area contributed by atoms with Crippen molar-refractivity contribution in [3.8, 4) is 0 Å². The first-order valence-electron chi connectivity index (χ1n) is 6.31. The minimum absolute atomic E-state index is 0.206. The Kier molecular flexibility index (Phi) is 5.10. The van der Waals surface area contributed by atoms with Crippen LogP contribution in [0.1, 0.15) is 16.7 Å². The number of hydrogen-bond donors (Lipinski definition) is 2. The summed E-state index contributed by atoms with van der Waals surface area (Å²) < 4.78 is 28.0. The number of rotatable bonds is 5. The van der Waals surface area contributed by atoms with Gasteiger partial charge in [0.05, 0.1) is 4.90 Å². The van der Waals surface area contributed by atoms with Gasteiger partial charge in [-0.2, -0.15) is 0 Å². The number of nitrogens with two attached hydrogens (primary N) is 1. The SMILES string of the molecule is Cc1cc(CN)cc(S(=O)(=O)NCc2ccncc2)c1Br. The van der Waals surface area contributed by atoms with E-state index in [2.05, 4.69) is 25.6 Å². The molecule has 112 valence electrons. The summed E-state index contributed by atoms with van der Waals surface area (Å²) in [7, 11) is -3.62. The topological polar surface area (TPSA) is 85.1 Å². The molecule has 0 aliphatic carbocycles. The zero-order chi connectivity index (χ0) is 15.5. The van der Waals surface area contributed by atoms with Gasteiger partial charge in [0, 0.05) is 30.0 Å². The van der Waals surface area contributed by atoms with Crippen LogP contribution in [0.3, 0.4) is 0 Å². The van der Waals surface area contributed by atoms with Crippen LogP contribution in [0.25, 0.3) is 0 Å². The predicted molar refractivity (Wildman–Crippen MR) is 85.0 cm³/mol. The molecule has 0 unspecified atom stereocenters. The molecular formula is C14H16BrN3O2S. The van der Waals surface area contributed by atoms with Crippen molar-refractivity contribution in [1.82, 2.24) is 9.71 Å². The molecule has 7 heteroatoms. The fraction of sp³-hybridized carbons (Fsp3) is 0.214. The molecule has 3 N–H and O–H groups in total. The third-order valence-electron chi connectivity index (χ3n) is 3.02. The lowest BCUT2D eigenvalue weighted by molar-refractivity contribution is 0.580. The number of aromatic nitrogens is 1. The van der Waals surface area contributed by atoms with Gasteiger partial charge in [-0.25, -0.2) is 13.1 Å². The predicted octanol–water partition coefficient (Wildman–Crippen LogP) is 2.09. The zero-order valence-electron chi connectivity index (χ0n) is 11.5. The first-order valence-corrected chi connectivity index (χ1v) is 8.59. The highest BCUT2D eigenvalue weighted by molar-refractivity contribution is 9.10. The van der Waals surface area contributed by atoms with Gasteiger partial charge < -0.3 is 5.73 Å². The molecule has 0 fully saturated rings. The molecule has 2 rings (SSSR count). The molecule has 21 heavy (non-hydrogen) atoms. The van der Waals surface area contributed by atoms with E-state index in [-0.39, 0.29) is 11.4 Å². The van der Waals surface area contributed by atoms with E-state index in [4.69, 9.17) is 5.73 Å². The van der Waals surface area contributed by atoms with Gasteiger partial charge in [-0.3, -0.25) is 4.98 Å². The lowest BCUT2D eigenvalue weighted by Gasteiger charge is -2.12. The number of halogens is 1. The number of nitrogens with one attached hydrogen (secondary N) is 1. The summed E-state index contributed by atoms with van der Waals surface area (Å²) in [6.45, 7) is 2.34. The number of nitrogens with zero attached hydrogens (tertiary/aromatic N) is 1. The Hall–Kier alpha value is -1.28. The molecule has 1 aromatic heterocycles. The molecule has 0 bridgehead atoms. The molecule has 2 aromatic rings. The number of benzene rings is 1. The highest BCUT2D eigenvalue weighted by atomic mass is 79.9. The smallest absolute Gasteiger partial charge is 0.242 e. The van der Waals surface area contributed by atoms with Crippen LogP contribution in [0.15, 0.2) is 46.0 Å². The molecule has 0 spiro atoms. The second-order valence-corrected chi connectivity index (χ2v) is 7.14. The van der Waals surface area contributed by atoms with E-state index in [1.54, 1.807) is 30.6 Å². The van der Waals surface area contributed by atoms with Gasteiger partial charge in [0.15, 0.2) is 0 Å². The van der Waals surface area contributed by atoms with Crippen LogP contribution in [0.5, 0.6) is 0 Å². The number of hydrogen-bond acceptors (Lipinski definition) is 4. The van der Waals surface area contributed by atoms with Gasteiger partial charge >= 0.3 is 0 Å². The summed E-state index contributed by atoms with van der Waals surface area (Å²) in [5.74, 6) is 0. The molecule has 0 radical (unpaired) electrons. The van der Waals surface area contributed by atoms with E-state index in [0.717, 1.165) is 16.7 Å². The molecule has 0 amide bonds. The quantitative estimate of drug-likeness (QED) is 0.844. The Morgan fingerprint density at radius 1 is 1.24 bits per heavy atom. The molecule has 5 nitrogen and oxygen atoms in total. The first-order chi connectivity index (χ1) is 9.94. The van der Waals surface area contributed by atoms with Crippen molar-refractivity contribution in [2.24, 2.45) is 5.73 Å². The van der Waals surface area contributed by atoms with E-state index in [1.807, 2.05) is 13.0 Å². The maximum absolute atomic E-state index is 12.4. The van der Waals surface area contributed by atoms with Crippen molar-refractivity contribution in [2.45, 2.75) is 24.9 Å². The van der Waals surface area contributed by atoms with Crippen LogP contribution in [0.4, 0.5) is 0 Å². The van der Waals surface area contributed by atoms with Crippen LogP contribution in [-0.4, -0.2) is 13.4 Å². The molecule has 0 saturated carbocycles. The van der Waals surface area contributed by atoms with Gasteiger partial charge in [-0.1, -0.05) is 6.07 Å². The zero-order valence-corrected chi connectivity index (χ0v) is 13.9. The van der Waals surface area contributed by atoms with Crippen LogP contribution >= 0.6 is 15.9 Å². The summed E-state index contributed by atoms with van der Waals surface area (Å²) in [6.07, 6.45) is 3.25. The number of aryl methyl sites for hydroxylation is 1. The largest absolute Gasteiger partial charge is 0.326 e. The van der Waals surface area contributed by atoms with Gasteiger partial charge in [0.25, 0.3) is 0 Å². The van der Waals surface area contributed by atoms with Gasteiger partial charge in [-0.15, -0.1) is 0 Å². The molecular weight excluding hydrogens is 354 g/mol. The standard InChI is InChI=1S/C14H16BrN3O2S/c1-10-6-12(8-16)7-13(14(10)15)21(19,20)18-9-11-2-4-17-5-3-11/h2-7,18H,8-9,16H2,1H3. The minimum Gasteiger partial charge on any atom is -0.326 e. The summed E-state index contributed by atoms with van der Waals surface area (Å²) in [4.78, 5) is 4.10. The summed E-state index contributed by atoms with van der Waals surface area (Å²) in [5, 5.41) is 0. The van der Waals surface area contributed by atoms with Gasteiger partial charge in [0.2, 0.25) is 10.0 Å². The normalized spacial score (nSPS) is 11.6. The Bertz CT molecular complexity index is 733. The maximum atomic E-state index is 12.4. The monoisotopic (exact) mass is 369 g/mol. The maximum Gasteiger partial charge on any atom is 0.242 e. The lowest BCUT2D eigenvalue weighted by Crippen LogP contribution is -2.24. The van der Waals surface area contributed by atoms with Crippen molar-refractivity contribution in [3.05, 3.63) is 57.8 Å². The van der Waals surface area contributed by atoms with E-state index in [1.165, 1.54) is 0 Å². The van der Waals surface area contributed by atoms with Crippen molar-refractivity contribution < 1.29 is 8.42 Å². The third-order valence-corrected chi connectivity index (χ3v) is 5.76. The van der Waals surface area contributed by atoms with Crippen molar-refractivity contribution in [3.63, 3.8) is 0 Å².